The molecule has 2 rings (SSSR count). The fraction of sp³-hybridized carbons (Fsp3) is 0.941. The number of hydrogen-bond donors (Lipinski definition) is 0. The Labute approximate surface area is 130 Å². The molecule has 1 amide bonds. The molecule has 0 aliphatic carbocycles. The van der Waals surface area contributed by atoms with Crippen LogP contribution in [-0.2, 0) is 4.79 Å². The quantitative estimate of drug-likeness (QED) is 0.777. The van der Waals surface area contributed by atoms with Crippen LogP contribution in [0, 0.1) is 5.92 Å². The second kappa shape index (κ2) is 8.14. The highest BCUT2D eigenvalue weighted by Crippen LogP contribution is 2.20. The largest absolute Gasteiger partial charge is 0.340 e. The van der Waals surface area contributed by atoms with Crippen LogP contribution in [0.25, 0.3) is 0 Å². The molecule has 0 aromatic heterocycles. The van der Waals surface area contributed by atoms with Gasteiger partial charge < -0.3 is 9.80 Å². The van der Waals surface area contributed by atoms with Gasteiger partial charge in [-0.3, -0.25) is 9.69 Å². The van der Waals surface area contributed by atoms with Gasteiger partial charge in [-0.05, 0) is 52.1 Å². The van der Waals surface area contributed by atoms with E-state index in [9.17, 15) is 4.79 Å². The van der Waals surface area contributed by atoms with Crippen LogP contribution in [-0.4, -0.2) is 72.5 Å². The lowest BCUT2D eigenvalue weighted by Gasteiger charge is -2.39. The van der Waals surface area contributed by atoms with Gasteiger partial charge in [0.05, 0.1) is 0 Å². The maximum absolute atomic E-state index is 11.9. The van der Waals surface area contributed by atoms with E-state index in [1.165, 1.54) is 32.5 Å². The van der Waals surface area contributed by atoms with Crippen molar-refractivity contribution in [3.05, 3.63) is 0 Å². The van der Waals surface area contributed by atoms with E-state index < -0.39 is 0 Å². The molecule has 2 fully saturated rings. The summed E-state index contributed by atoms with van der Waals surface area (Å²) in [5, 5.41) is 0. The van der Waals surface area contributed by atoms with E-state index in [0.717, 1.165) is 38.5 Å². The van der Waals surface area contributed by atoms with E-state index in [1.807, 2.05) is 0 Å². The van der Waals surface area contributed by atoms with Crippen LogP contribution < -0.4 is 0 Å². The molecule has 0 aromatic carbocycles. The highest BCUT2D eigenvalue weighted by atomic mass is 16.2. The summed E-state index contributed by atoms with van der Waals surface area (Å²) in [6.45, 7) is 14.4. The minimum absolute atomic E-state index is 0.349. The summed E-state index contributed by atoms with van der Waals surface area (Å²) >= 11 is 0. The summed E-state index contributed by atoms with van der Waals surface area (Å²) in [7, 11) is 0. The molecule has 2 heterocycles. The molecule has 2 aliphatic heterocycles. The van der Waals surface area contributed by atoms with Crippen LogP contribution in [0.1, 0.15) is 46.5 Å². The number of piperidine rings is 1. The zero-order chi connectivity index (χ0) is 15.2. The predicted molar refractivity (Wildman–Crippen MR) is 87.4 cm³/mol. The molecule has 0 unspecified atom stereocenters. The van der Waals surface area contributed by atoms with Gasteiger partial charge in [0.2, 0.25) is 5.91 Å². The van der Waals surface area contributed by atoms with Crippen molar-refractivity contribution in [3.63, 3.8) is 0 Å². The zero-order valence-corrected chi connectivity index (χ0v) is 14.2. The van der Waals surface area contributed by atoms with Crippen LogP contribution in [0.4, 0.5) is 0 Å². The third-order valence-electron chi connectivity index (χ3n) is 5.08. The minimum atomic E-state index is 0.349. The van der Waals surface area contributed by atoms with Gasteiger partial charge in [-0.15, -0.1) is 0 Å². The highest BCUT2D eigenvalue weighted by molar-refractivity contribution is 5.76. The second-order valence-electron chi connectivity index (χ2n) is 7.00. The summed E-state index contributed by atoms with van der Waals surface area (Å²) in [4.78, 5) is 19.1. The molecule has 0 N–H and O–H groups in total. The second-order valence-corrected chi connectivity index (χ2v) is 7.00. The monoisotopic (exact) mass is 295 g/mol. The first-order valence-corrected chi connectivity index (χ1v) is 8.84. The lowest BCUT2D eigenvalue weighted by atomic mass is 9.95. The van der Waals surface area contributed by atoms with Crippen LogP contribution in [0.2, 0.25) is 0 Å². The highest BCUT2D eigenvalue weighted by Gasteiger charge is 2.25. The summed E-state index contributed by atoms with van der Waals surface area (Å²) in [6, 6.07) is 0.694. The van der Waals surface area contributed by atoms with Crippen molar-refractivity contribution in [1.82, 2.24) is 14.7 Å². The van der Waals surface area contributed by atoms with Gasteiger partial charge >= 0.3 is 0 Å². The Kier molecular flexibility index (Phi) is 6.49. The molecule has 0 spiro atoms. The third kappa shape index (κ3) is 4.96. The van der Waals surface area contributed by atoms with Gasteiger partial charge in [0.1, 0.15) is 0 Å². The molecule has 0 atom stereocenters. The number of carbonyl (C=O) groups is 1. The van der Waals surface area contributed by atoms with E-state index in [1.54, 1.807) is 0 Å². The maximum atomic E-state index is 11.9. The predicted octanol–water partition coefficient (Wildman–Crippen LogP) is 2.05. The number of amides is 1. The normalized spacial score (nSPS) is 23.0. The Morgan fingerprint density at radius 3 is 2.19 bits per heavy atom. The molecule has 4 nitrogen and oxygen atoms in total. The molecule has 0 bridgehead atoms. The van der Waals surface area contributed by atoms with Gasteiger partial charge in [0, 0.05) is 45.2 Å². The Hall–Kier alpha value is -0.610. The van der Waals surface area contributed by atoms with Gasteiger partial charge in [0.15, 0.2) is 0 Å². The molecule has 4 heteroatoms. The molecule has 21 heavy (non-hydrogen) atoms. The Morgan fingerprint density at radius 1 is 1.05 bits per heavy atom. The van der Waals surface area contributed by atoms with Crippen LogP contribution in [0.15, 0.2) is 0 Å². The van der Waals surface area contributed by atoms with Crippen molar-refractivity contribution in [2.24, 2.45) is 5.92 Å². The van der Waals surface area contributed by atoms with E-state index >= 15 is 0 Å². The fourth-order valence-electron chi connectivity index (χ4n) is 3.57. The first kappa shape index (κ1) is 16.8. The summed E-state index contributed by atoms with van der Waals surface area (Å²) in [6.07, 6.45) is 4.36. The van der Waals surface area contributed by atoms with Crippen molar-refractivity contribution in [2.45, 2.75) is 52.5 Å². The van der Waals surface area contributed by atoms with Crippen LogP contribution in [0.3, 0.4) is 0 Å². The smallest absolute Gasteiger partial charge is 0.222 e. The molecular weight excluding hydrogens is 262 g/mol. The Balaban J connectivity index is 1.66. The molecular formula is C17H33N3O. The summed E-state index contributed by atoms with van der Waals surface area (Å²) < 4.78 is 0. The summed E-state index contributed by atoms with van der Waals surface area (Å²) in [5.41, 5.74) is 0. The number of nitrogens with zero attached hydrogens (tertiary/aromatic N) is 3. The standard InChI is InChI=1S/C17H33N3O/c1-4-5-17(21)20-12-10-18(11-13-20)14-16-6-8-19(9-7-16)15(2)3/h15-16H,4-14H2,1-3H3. The van der Waals surface area contributed by atoms with Gasteiger partial charge in [0.25, 0.3) is 0 Å². The average Bonchev–Trinajstić information content (AvgIpc) is 2.49. The van der Waals surface area contributed by atoms with Crippen molar-refractivity contribution < 1.29 is 4.79 Å². The lowest BCUT2D eigenvalue weighted by Crippen LogP contribution is -2.50. The molecule has 2 saturated heterocycles. The number of piperazine rings is 1. The summed E-state index contributed by atoms with van der Waals surface area (Å²) in [5.74, 6) is 1.21. The van der Waals surface area contributed by atoms with Gasteiger partial charge in [-0.1, -0.05) is 6.92 Å². The first-order valence-electron chi connectivity index (χ1n) is 8.84. The number of likely N-dealkylation sites (tertiary alicyclic amines) is 1. The van der Waals surface area contributed by atoms with Crippen molar-refractivity contribution in [3.8, 4) is 0 Å². The Bertz CT molecular complexity index is 316. The topological polar surface area (TPSA) is 26.8 Å². The molecule has 0 saturated carbocycles. The van der Waals surface area contributed by atoms with E-state index in [-0.39, 0.29) is 0 Å². The Morgan fingerprint density at radius 2 is 1.67 bits per heavy atom. The van der Waals surface area contributed by atoms with Crippen molar-refractivity contribution in [1.29, 1.82) is 0 Å². The van der Waals surface area contributed by atoms with Gasteiger partial charge in [-0.25, -0.2) is 0 Å². The van der Waals surface area contributed by atoms with Crippen LogP contribution >= 0.6 is 0 Å². The first-order chi connectivity index (χ1) is 10.1. The van der Waals surface area contributed by atoms with E-state index in [0.29, 0.717) is 18.4 Å². The third-order valence-corrected chi connectivity index (χ3v) is 5.08. The number of hydrogen-bond acceptors (Lipinski definition) is 3. The number of rotatable bonds is 5. The fourth-order valence-corrected chi connectivity index (χ4v) is 3.57. The lowest BCUT2D eigenvalue weighted by molar-refractivity contribution is -0.133. The number of carbonyl (C=O) groups excluding carboxylic acids is 1. The molecule has 122 valence electrons. The minimum Gasteiger partial charge on any atom is -0.340 e. The maximum Gasteiger partial charge on any atom is 0.222 e. The van der Waals surface area contributed by atoms with Crippen LogP contribution in [0.5, 0.6) is 0 Å². The zero-order valence-electron chi connectivity index (χ0n) is 14.2. The van der Waals surface area contributed by atoms with E-state index in [2.05, 4.69) is 35.5 Å². The SMILES string of the molecule is CCCC(=O)N1CCN(CC2CCN(C(C)C)CC2)CC1. The van der Waals surface area contributed by atoms with Crippen molar-refractivity contribution in [2.75, 3.05) is 45.8 Å². The molecule has 0 radical (unpaired) electrons. The molecule has 0 aromatic rings. The van der Waals surface area contributed by atoms with E-state index in [4.69, 9.17) is 0 Å². The van der Waals surface area contributed by atoms with Gasteiger partial charge in [-0.2, -0.15) is 0 Å². The van der Waals surface area contributed by atoms with Crippen molar-refractivity contribution >= 4 is 5.91 Å². The average molecular weight is 295 g/mol. The molecule has 2 aliphatic rings.